The van der Waals surface area contributed by atoms with Crippen molar-refractivity contribution in [1.29, 1.82) is 0 Å². The quantitative estimate of drug-likeness (QED) is 0.730. The maximum Gasteiger partial charge on any atom is 0.249 e. The minimum absolute atomic E-state index is 0.501. The van der Waals surface area contributed by atoms with E-state index in [1.807, 2.05) is 25.1 Å². The Morgan fingerprint density at radius 3 is 2.86 bits per heavy atom. The lowest BCUT2D eigenvalue weighted by atomic mass is 10.2. The van der Waals surface area contributed by atoms with E-state index in [2.05, 4.69) is 48.7 Å². The first-order chi connectivity index (χ1) is 10.2. The summed E-state index contributed by atoms with van der Waals surface area (Å²) < 4.78 is 1.05. The third-order valence-electron chi connectivity index (χ3n) is 3.08. The zero-order chi connectivity index (χ0) is 15.1. The Labute approximate surface area is 133 Å². The van der Waals surface area contributed by atoms with Crippen LogP contribution in [0.15, 0.2) is 28.9 Å². The largest absolute Gasteiger partial charge is 0.369 e. The molecule has 1 aromatic carbocycles. The normalized spacial score (nSPS) is 10.4. The molecule has 0 spiro atoms. The van der Waals surface area contributed by atoms with Crippen molar-refractivity contribution < 1.29 is 0 Å². The van der Waals surface area contributed by atoms with Crippen molar-refractivity contribution in [2.24, 2.45) is 0 Å². The van der Waals surface area contributed by atoms with Crippen molar-refractivity contribution >= 4 is 33.4 Å². The monoisotopic (exact) mass is 349 g/mol. The van der Waals surface area contributed by atoms with Gasteiger partial charge in [0.2, 0.25) is 5.95 Å². The number of hydrogen-bond donors (Lipinski definition) is 2. The van der Waals surface area contributed by atoms with Gasteiger partial charge in [-0.2, -0.15) is 10.1 Å². The number of aryl methyl sites for hydroxylation is 1. The predicted octanol–water partition coefficient (Wildman–Crippen LogP) is 4.29. The smallest absolute Gasteiger partial charge is 0.249 e. The first kappa shape index (κ1) is 15.7. The van der Waals surface area contributed by atoms with Crippen molar-refractivity contribution in [2.45, 2.75) is 33.1 Å². The Morgan fingerprint density at radius 2 is 2.10 bits per heavy atom. The van der Waals surface area contributed by atoms with Gasteiger partial charge in [-0.25, -0.2) is 0 Å². The highest BCUT2D eigenvalue weighted by Gasteiger charge is 2.04. The summed E-state index contributed by atoms with van der Waals surface area (Å²) in [7, 11) is 0. The molecule has 0 fully saturated rings. The molecule has 0 aliphatic rings. The number of nitrogens with zero attached hydrogens (tertiary/aromatic N) is 3. The number of anilines is 3. The van der Waals surface area contributed by atoms with Crippen molar-refractivity contribution in [3.05, 3.63) is 34.4 Å². The van der Waals surface area contributed by atoms with Gasteiger partial charge in [-0.05, 0) is 37.1 Å². The third kappa shape index (κ3) is 4.97. The maximum absolute atomic E-state index is 4.42. The number of aromatic nitrogens is 3. The van der Waals surface area contributed by atoms with Gasteiger partial charge in [0, 0.05) is 16.7 Å². The van der Waals surface area contributed by atoms with Crippen molar-refractivity contribution in [1.82, 2.24) is 15.2 Å². The van der Waals surface area contributed by atoms with Crippen LogP contribution in [0.25, 0.3) is 0 Å². The van der Waals surface area contributed by atoms with Gasteiger partial charge in [0.1, 0.15) is 0 Å². The van der Waals surface area contributed by atoms with E-state index in [1.165, 1.54) is 12.8 Å². The lowest BCUT2D eigenvalue weighted by molar-refractivity contribution is 0.741. The summed E-state index contributed by atoms with van der Waals surface area (Å²) in [5, 5.41) is 14.5. The molecule has 2 N–H and O–H groups in total. The van der Waals surface area contributed by atoms with Gasteiger partial charge in [-0.1, -0.05) is 35.7 Å². The van der Waals surface area contributed by atoms with Gasteiger partial charge in [-0.3, -0.25) is 0 Å². The molecule has 0 atom stereocenters. The summed E-state index contributed by atoms with van der Waals surface area (Å²) in [5.41, 5.74) is 2.09. The van der Waals surface area contributed by atoms with Crippen LogP contribution in [-0.4, -0.2) is 21.7 Å². The molecule has 112 valence electrons. The molecule has 0 saturated carbocycles. The molecule has 6 heteroatoms. The number of nitrogens with one attached hydrogen (secondary N) is 2. The zero-order valence-corrected chi connectivity index (χ0v) is 13.9. The molecule has 21 heavy (non-hydrogen) atoms. The first-order valence-electron chi connectivity index (χ1n) is 7.16. The Morgan fingerprint density at radius 1 is 1.24 bits per heavy atom. The highest BCUT2D eigenvalue weighted by Crippen LogP contribution is 2.22. The second-order valence-electron chi connectivity index (χ2n) is 4.88. The molecule has 0 unspecified atom stereocenters. The van der Waals surface area contributed by atoms with Crippen molar-refractivity contribution in [3.63, 3.8) is 0 Å². The average molecular weight is 350 g/mol. The Bertz CT molecular complexity index is 588. The molecular weight excluding hydrogens is 330 g/mol. The predicted molar refractivity (Wildman–Crippen MR) is 90.0 cm³/mol. The highest BCUT2D eigenvalue weighted by atomic mass is 79.9. The van der Waals surface area contributed by atoms with E-state index in [0.29, 0.717) is 5.95 Å². The highest BCUT2D eigenvalue weighted by molar-refractivity contribution is 9.10. The van der Waals surface area contributed by atoms with Crippen LogP contribution in [0, 0.1) is 6.92 Å². The van der Waals surface area contributed by atoms with Gasteiger partial charge < -0.3 is 10.6 Å². The summed E-state index contributed by atoms with van der Waals surface area (Å²) in [4.78, 5) is 4.42. The van der Waals surface area contributed by atoms with Gasteiger partial charge in [0.25, 0.3) is 0 Å². The summed E-state index contributed by atoms with van der Waals surface area (Å²) >= 11 is 3.45. The van der Waals surface area contributed by atoms with E-state index in [0.717, 1.165) is 34.5 Å². The van der Waals surface area contributed by atoms with E-state index in [9.17, 15) is 0 Å². The number of hydrogen-bond acceptors (Lipinski definition) is 5. The molecule has 0 saturated heterocycles. The molecular formula is C15H20BrN5. The summed E-state index contributed by atoms with van der Waals surface area (Å²) in [6, 6.07) is 6.02. The van der Waals surface area contributed by atoms with Crippen LogP contribution in [-0.2, 0) is 0 Å². The van der Waals surface area contributed by atoms with Crippen molar-refractivity contribution in [3.8, 4) is 0 Å². The molecule has 0 aliphatic carbocycles. The minimum Gasteiger partial charge on any atom is -0.369 e. The van der Waals surface area contributed by atoms with Gasteiger partial charge in [0.05, 0.1) is 6.20 Å². The lowest BCUT2D eigenvalue weighted by Gasteiger charge is -2.09. The van der Waals surface area contributed by atoms with E-state index in [-0.39, 0.29) is 0 Å². The second kappa shape index (κ2) is 7.93. The van der Waals surface area contributed by atoms with Crippen LogP contribution in [0.2, 0.25) is 0 Å². The number of unbranched alkanes of at least 4 members (excludes halogenated alkanes) is 2. The minimum atomic E-state index is 0.501. The van der Waals surface area contributed by atoms with Crippen molar-refractivity contribution in [2.75, 3.05) is 17.2 Å². The van der Waals surface area contributed by atoms with Gasteiger partial charge in [0.15, 0.2) is 5.82 Å². The van der Waals surface area contributed by atoms with Crippen LogP contribution in [0.5, 0.6) is 0 Å². The fraction of sp³-hybridized carbons (Fsp3) is 0.400. The summed E-state index contributed by atoms with van der Waals surface area (Å²) in [6.45, 7) is 5.13. The van der Waals surface area contributed by atoms with Gasteiger partial charge >= 0.3 is 0 Å². The van der Waals surface area contributed by atoms with E-state index < -0.39 is 0 Å². The number of benzene rings is 1. The molecule has 1 aromatic heterocycles. The molecule has 0 amide bonds. The van der Waals surface area contributed by atoms with E-state index in [4.69, 9.17) is 0 Å². The first-order valence-corrected chi connectivity index (χ1v) is 7.95. The summed E-state index contributed by atoms with van der Waals surface area (Å²) in [5.74, 6) is 1.25. The molecule has 0 aliphatic heterocycles. The zero-order valence-electron chi connectivity index (χ0n) is 12.4. The van der Waals surface area contributed by atoms with E-state index in [1.54, 1.807) is 6.20 Å². The lowest BCUT2D eigenvalue weighted by Crippen LogP contribution is -2.07. The fourth-order valence-corrected chi connectivity index (χ4v) is 2.40. The molecule has 1 heterocycles. The summed E-state index contributed by atoms with van der Waals surface area (Å²) in [6.07, 6.45) is 5.20. The van der Waals surface area contributed by atoms with Crippen LogP contribution < -0.4 is 10.6 Å². The Balaban J connectivity index is 2.00. The number of halogens is 1. The average Bonchev–Trinajstić information content (AvgIpc) is 2.47. The number of rotatable bonds is 7. The van der Waals surface area contributed by atoms with E-state index >= 15 is 0 Å². The Kier molecular flexibility index (Phi) is 5.92. The topological polar surface area (TPSA) is 62.7 Å². The molecule has 0 bridgehead atoms. The van der Waals surface area contributed by atoms with Crippen LogP contribution in [0.4, 0.5) is 17.5 Å². The molecule has 2 rings (SSSR count). The van der Waals surface area contributed by atoms with Gasteiger partial charge in [-0.15, -0.1) is 5.10 Å². The standard InChI is InChI=1S/C15H20BrN5/c1-3-4-5-8-17-14-10-18-21-15(20-14)19-13-7-6-12(16)9-11(13)2/h6-7,9-10H,3-5,8H2,1-2H3,(H2,17,19,20,21). The SMILES string of the molecule is CCCCCNc1cnnc(Nc2ccc(Br)cc2C)n1. The van der Waals surface area contributed by atoms with Crippen LogP contribution >= 0.6 is 15.9 Å². The van der Waals surface area contributed by atoms with Crippen LogP contribution in [0.3, 0.4) is 0 Å². The second-order valence-corrected chi connectivity index (χ2v) is 5.80. The van der Waals surface area contributed by atoms with Crippen LogP contribution in [0.1, 0.15) is 31.7 Å². The molecule has 0 radical (unpaired) electrons. The fourth-order valence-electron chi connectivity index (χ4n) is 1.92. The molecule has 5 nitrogen and oxygen atoms in total. The Hall–Kier alpha value is -1.69. The molecule has 2 aromatic rings. The third-order valence-corrected chi connectivity index (χ3v) is 3.57. The maximum atomic E-state index is 4.42.